The van der Waals surface area contributed by atoms with E-state index in [-0.39, 0.29) is 17.1 Å². The summed E-state index contributed by atoms with van der Waals surface area (Å²) < 4.78 is 6.86. The van der Waals surface area contributed by atoms with Crippen molar-refractivity contribution in [1.29, 1.82) is 0 Å². The molecular formula is C25H23ClN2O3S2. The van der Waals surface area contributed by atoms with Crippen LogP contribution in [0.15, 0.2) is 58.5 Å². The van der Waals surface area contributed by atoms with Gasteiger partial charge >= 0.3 is 0 Å². The summed E-state index contributed by atoms with van der Waals surface area (Å²) >= 11 is 8.76. The zero-order chi connectivity index (χ0) is 23.5. The van der Waals surface area contributed by atoms with Crippen LogP contribution in [0.2, 0.25) is 5.02 Å². The molecule has 5 nitrogen and oxygen atoms in total. The van der Waals surface area contributed by atoms with E-state index in [4.69, 9.17) is 21.3 Å². The molecule has 0 aliphatic heterocycles. The SMILES string of the molecule is CCCc1sc2nc(SCC(=O)c3ccc(Cl)cc3)n(-c3ccc(OC)cc3)c(=O)c2c1C. The van der Waals surface area contributed by atoms with Crippen LogP contribution in [0, 0.1) is 6.92 Å². The lowest BCUT2D eigenvalue weighted by molar-refractivity contribution is 0.102. The van der Waals surface area contributed by atoms with Gasteiger partial charge in [0.15, 0.2) is 10.9 Å². The molecule has 2 heterocycles. The van der Waals surface area contributed by atoms with Crippen LogP contribution in [0.3, 0.4) is 0 Å². The molecule has 2 aromatic carbocycles. The molecular weight excluding hydrogens is 476 g/mol. The highest BCUT2D eigenvalue weighted by Crippen LogP contribution is 2.31. The lowest BCUT2D eigenvalue weighted by Gasteiger charge is -2.13. The van der Waals surface area contributed by atoms with Gasteiger partial charge in [-0.2, -0.15) is 0 Å². The number of ether oxygens (including phenoxy) is 1. The molecule has 0 aliphatic rings. The molecule has 8 heteroatoms. The van der Waals surface area contributed by atoms with Crippen molar-refractivity contribution in [2.24, 2.45) is 0 Å². The van der Waals surface area contributed by atoms with E-state index in [0.29, 0.717) is 37.4 Å². The molecule has 0 bridgehead atoms. The van der Waals surface area contributed by atoms with Crippen LogP contribution in [-0.4, -0.2) is 28.2 Å². The minimum atomic E-state index is -0.122. The number of benzene rings is 2. The van der Waals surface area contributed by atoms with Crippen molar-refractivity contribution in [3.05, 3.63) is 79.9 Å². The maximum absolute atomic E-state index is 13.7. The average molecular weight is 499 g/mol. The molecule has 4 rings (SSSR count). The van der Waals surface area contributed by atoms with Gasteiger partial charge in [-0.25, -0.2) is 4.98 Å². The van der Waals surface area contributed by atoms with Gasteiger partial charge in [0.25, 0.3) is 5.56 Å². The van der Waals surface area contributed by atoms with Crippen molar-refractivity contribution >= 4 is 50.7 Å². The van der Waals surface area contributed by atoms with Gasteiger partial charge in [-0.1, -0.05) is 36.7 Å². The Labute approximate surface area is 205 Å². The molecule has 0 unspecified atom stereocenters. The molecule has 0 saturated carbocycles. The number of halogens is 1. The monoisotopic (exact) mass is 498 g/mol. The van der Waals surface area contributed by atoms with Gasteiger partial charge in [-0.3, -0.25) is 14.2 Å². The molecule has 0 amide bonds. The second kappa shape index (κ2) is 10.1. The van der Waals surface area contributed by atoms with Gasteiger partial charge in [-0.15, -0.1) is 11.3 Å². The lowest BCUT2D eigenvalue weighted by atomic mass is 10.1. The third-order valence-electron chi connectivity index (χ3n) is 5.34. The Bertz CT molecular complexity index is 1360. The summed E-state index contributed by atoms with van der Waals surface area (Å²) in [7, 11) is 1.60. The Hall–Kier alpha value is -2.61. The Morgan fingerprint density at radius 3 is 2.48 bits per heavy atom. The minimum Gasteiger partial charge on any atom is -0.497 e. The summed E-state index contributed by atoms with van der Waals surface area (Å²) in [6.07, 6.45) is 1.91. The number of nitrogens with zero attached hydrogens (tertiary/aromatic N) is 2. The Morgan fingerprint density at radius 2 is 1.85 bits per heavy atom. The normalized spacial score (nSPS) is 11.2. The van der Waals surface area contributed by atoms with E-state index in [1.165, 1.54) is 16.6 Å². The number of hydrogen-bond acceptors (Lipinski definition) is 6. The van der Waals surface area contributed by atoms with Gasteiger partial charge in [-0.05, 0) is 67.4 Å². The van der Waals surface area contributed by atoms with E-state index >= 15 is 0 Å². The minimum absolute atomic E-state index is 0.0543. The number of aromatic nitrogens is 2. The molecule has 0 atom stereocenters. The lowest BCUT2D eigenvalue weighted by Crippen LogP contribution is -2.22. The van der Waals surface area contributed by atoms with Crippen molar-refractivity contribution < 1.29 is 9.53 Å². The summed E-state index contributed by atoms with van der Waals surface area (Å²) in [5.74, 6) is 0.799. The number of carbonyl (C=O) groups is 1. The van der Waals surface area contributed by atoms with Gasteiger partial charge in [0.2, 0.25) is 0 Å². The van der Waals surface area contributed by atoms with Crippen molar-refractivity contribution in [3.8, 4) is 11.4 Å². The fourth-order valence-corrected chi connectivity index (χ4v) is 5.93. The summed E-state index contributed by atoms with van der Waals surface area (Å²) in [4.78, 5) is 33.2. The highest BCUT2D eigenvalue weighted by atomic mass is 35.5. The quantitative estimate of drug-likeness (QED) is 0.161. The van der Waals surface area contributed by atoms with Gasteiger partial charge in [0.1, 0.15) is 10.6 Å². The highest BCUT2D eigenvalue weighted by molar-refractivity contribution is 7.99. The molecule has 0 aliphatic carbocycles. The number of rotatable bonds is 8. The third-order valence-corrected chi connectivity index (χ3v) is 7.77. The zero-order valence-corrected chi connectivity index (χ0v) is 20.9. The second-order valence-corrected chi connectivity index (χ2v) is 9.99. The van der Waals surface area contributed by atoms with Crippen LogP contribution in [0.4, 0.5) is 0 Å². The fourth-order valence-electron chi connectivity index (χ4n) is 3.58. The molecule has 0 spiro atoms. The number of hydrogen-bond donors (Lipinski definition) is 0. The third kappa shape index (κ3) is 4.86. The van der Waals surface area contributed by atoms with Crippen molar-refractivity contribution in [3.63, 3.8) is 0 Å². The van der Waals surface area contributed by atoms with Crippen LogP contribution in [-0.2, 0) is 6.42 Å². The first-order valence-corrected chi connectivity index (χ1v) is 12.7. The first-order chi connectivity index (χ1) is 15.9. The number of fused-ring (bicyclic) bond motifs is 1. The van der Waals surface area contributed by atoms with Gasteiger partial charge in [0.05, 0.1) is 23.9 Å². The Morgan fingerprint density at radius 1 is 1.15 bits per heavy atom. The van der Waals surface area contributed by atoms with Crippen LogP contribution in [0.5, 0.6) is 5.75 Å². The van der Waals surface area contributed by atoms with Gasteiger partial charge in [0, 0.05) is 15.5 Å². The van der Waals surface area contributed by atoms with E-state index in [2.05, 4.69) is 6.92 Å². The molecule has 33 heavy (non-hydrogen) atoms. The number of methoxy groups -OCH3 is 1. The highest BCUT2D eigenvalue weighted by Gasteiger charge is 2.20. The Kier molecular flexibility index (Phi) is 7.22. The Balaban J connectivity index is 1.79. The van der Waals surface area contributed by atoms with Crippen molar-refractivity contribution in [2.45, 2.75) is 31.8 Å². The average Bonchev–Trinajstić information content (AvgIpc) is 3.13. The topological polar surface area (TPSA) is 61.2 Å². The van der Waals surface area contributed by atoms with E-state index < -0.39 is 0 Å². The van der Waals surface area contributed by atoms with E-state index in [9.17, 15) is 9.59 Å². The summed E-state index contributed by atoms with van der Waals surface area (Å²) in [6.45, 7) is 4.11. The number of thiophene rings is 1. The number of thioether (sulfide) groups is 1. The molecule has 0 fully saturated rings. The van der Waals surface area contributed by atoms with Crippen molar-refractivity contribution in [1.82, 2.24) is 9.55 Å². The van der Waals surface area contributed by atoms with Gasteiger partial charge < -0.3 is 4.74 Å². The van der Waals surface area contributed by atoms with Crippen LogP contribution in [0.1, 0.15) is 34.1 Å². The van der Waals surface area contributed by atoms with Crippen molar-refractivity contribution in [2.75, 3.05) is 12.9 Å². The van der Waals surface area contributed by atoms with E-state index in [1.807, 2.05) is 31.2 Å². The van der Waals surface area contributed by atoms with E-state index in [0.717, 1.165) is 18.4 Å². The standard InChI is InChI=1S/C25H23ClN2O3S2/c1-4-5-21-15(2)22-23(33-21)27-25(32-14-20(29)16-6-8-17(26)9-7-16)28(24(22)30)18-10-12-19(31-3)13-11-18/h6-13H,4-5,14H2,1-3H3. The maximum atomic E-state index is 13.7. The van der Waals surface area contributed by atoms with Crippen LogP contribution < -0.4 is 10.3 Å². The van der Waals surface area contributed by atoms with Crippen LogP contribution in [0.25, 0.3) is 15.9 Å². The summed E-state index contributed by atoms with van der Waals surface area (Å²) in [5, 5.41) is 1.72. The number of Topliss-reactive ketones (excluding diaryl/α,β-unsaturated/α-hetero) is 1. The molecule has 0 saturated heterocycles. The molecule has 2 aromatic heterocycles. The predicted molar refractivity (Wildman–Crippen MR) is 137 cm³/mol. The maximum Gasteiger partial charge on any atom is 0.267 e. The second-order valence-electron chi connectivity index (χ2n) is 7.53. The number of carbonyl (C=O) groups excluding carboxylic acids is 1. The predicted octanol–water partition coefficient (Wildman–Crippen LogP) is 6.35. The van der Waals surface area contributed by atoms with Crippen LogP contribution >= 0.6 is 34.7 Å². The molecule has 0 radical (unpaired) electrons. The number of aryl methyl sites for hydroxylation is 2. The number of ketones is 1. The summed E-state index contributed by atoms with van der Waals surface area (Å²) in [6, 6.07) is 14.1. The first-order valence-electron chi connectivity index (χ1n) is 10.5. The molecule has 170 valence electrons. The first kappa shape index (κ1) is 23.5. The smallest absolute Gasteiger partial charge is 0.267 e. The molecule has 0 N–H and O–H groups in total. The summed E-state index contributed by atoms with van der Waals surface area (Å²) in [5.41, 5.74) is 2.12. The fraction of sp³-hybridized carbons (Fsp3) is 0.240. The van der Waals surface area contributed by atoms with E-state index in [1.54, 1.807) is 47.3 Å². The zero-order valence-electron chi connectivity index (χ0n) is 18.6. The molecule has 4 aromatic rings. The largest absolute Gasteiger partial charge is 0.497 e.